The molecule has 0 aromatic heterocycles. The van der Waals surface area contributed by atoms with Crippen molar-refractivity contribution in [1.29, 1.82) is 0 Å². The summed E-state index contributed by atoms with van der Waals surface area (Å²) in [7, 11) is 0. The van der Waals surface area contributed by atoms with E-state index >= 15 is 0 Å². The Labute approximate surface area is 106 Å². The molecule has 1 saturated heterocycles. The lowest BCUT2D eigenvalue weighted by atomic mass is 9.90. The van der Waals surface area contributed by atoms with Gasteiger partial charge in [-0.05, 0) is 42.9 Å². The molecule has 4 heteroatoms. The maximum absolute atomic E-state index is 10.8. The van der Waals surface area contributed by atoms with E-state index in [4.69, 9.17) is 16.7 Å². The van der Waals surface area contributed by atoms with Gasteiger partial charge in [0.1, 0.15) is 0 Å². The van der Waals surface area contributed by atoms with Gasteiger partial charge in [-0.2, -0.15) is 0 Å². The summed E-state index contributed by atoms with van der Waals surface area (Å²) in [5.74, 6) is 0.573. The molecule has 1 amide bonds. The monoisotopic (exact) mass is 253 g/mol. The van der Waals surface area contributed by atoms with Crippen LogP contribution >= 0.6 is 11.6 Å². The van der Waals surface area contributed by atoms with Crippen molar-refractivity contribution in [3.8, 4) is 0 Å². The summed E-state index contributed by atoms with van der Waals surface area (Å²) in [5, 5.41) is 9.63. The van der Waals surface area contributed by atoms with Crippen LogP contribution < -0.4 is 0 Å². The number of piperidine rings is 1. The van der Waals surface area contributed by atoms with Crippen LogP contribution in [0.5, 0.6) is 0 Å². The van der Waals surface area contributed by atoms with Crippen LogP contribution in [-0.4, -0.2) is 29.2 Å². The van der Waals surface area contributed by atoms with Crippen molar-refractivity contribution in [2.45, 2.75) is 19.3 Å². The Morgan fingerprint density at radius 2 is 2.12 bits per heavy atom. The number of benzene rings is 1. The number of halogens is 1. The van der Waals surface area contributed by atoms with Crippen LogP contribution in [-0.2, 0) is 6.42 Å². The number of hydrogen-bond acceptors (Lipinski definition) is 1. The fourth-order valence-corrected chi connectivity index (χ4v) is 2.54. The van der Waals surface area contributed by atoms with Crippen molar-refractivity contribution in [2.24, 2.45) is 5.92 Å². The third-order valence-electron chi connectivity index (χ3n) is 3.30. The van der Waals surface area contributed by atoms with Gasteiger partial charge in [-0.25, -0.2) is 4.79 Å². The Morgan fingerprint density at radius 3 is 2.71 bits per heavy atom. The van der Waals surface area contributed by atoms with Crippen molar-refractivity contribution in [2.75, 3.05) is 13.1 Å². The van der Waals surface area contributed by atoms with E-state index in [0.29, 0.717) is 19.0 Å². The van der Waals surface area contributed by atoms with Gasteiger partial charge in [-0.1, -0.05) is 23.7 Å². The van der Waals surface area contributed by atoms with Crippen LogP contribution in [0.3, 0.4) is 0 Å². The van der Waals surface area contributed by atoms with Gasteiger partial charge in [0.15, 0.2) is 0 Å². The summed E-state index contributed by atoms with van der Waals surface area (Å²) in [5.41, 5.74) is 1.24. The minimum atomic E-state index is -0.800. The van der Waals surface area contributed by atoms with E-state index in [2.05, 4.69) is 6.07 Å². The van der Waals surface area contributed by atoms with Crippen molar-refractivity contribution < 1.29 is 9.90 Å². The highest BCUT2D eigenvalue weighted by Crippen LogP contribution is 2.22. The minimum Gasteiger partial charge on any atom is -0.465 e. The minimum absolute atomic E-state index is 0.573. The second-order valence-corrected chi connectivity index (χ2v) is 4.98. The fourth-order valence-electron chi connectivity index (χ4n) is 2.33. The first-order valence-electron chi connectivity index (χ1n) is 5.87. The molecule has 3 nitrogen and oxygen atoms in total. The maximum atomic E-state index is 10.8. The number of carboxylic acid groups (broad SMARTS) is 1. The Hall–Kier alpha value is -1.22. The molecule has 1 aliphatic rings. The first-order valence-corrected chi connectivity index (χ1v) is 6.25. The molecule has 1 aliphatic heterocycles. The molecule has 2 rings (SSSR count). The van der Waals surface area contributed by atoms with Gasteiger partial charge < -0.3 is 10.0 Å². The van der Waals surface area contributed by atoms with Crippen molar-refractivity contribution >= 4 is 17.7 Å². The normalized spacial score (nSPS) is 17.1. The molecule has 0 unspecified atom stereocenters. The number of carbonyl (C=O) groups is 1. The van der Waals surface area contributed by atoms with Crippen LogP contribution in [0.2, 0.25) is 5.02 Å². The van der Waals surface area contributed by atoms with Crippen molar-refractivity contribution in [3.63, 3.8) is 0 Å². The summed E-state index contributed by atoms with van der Waals surface area (Å²) in [4.78, 5) is 12.3. The van der Waals surface area contributed by atoms with E-state index < -0.39 is 6.09 Å². The lowest BCUT2D eigenvalue weighted by Crippen LogP contribution is -2.37. The molecule has 0 saturated carbocycles. The second-order valence-electron chi connectivity index (χ2n) is 4.55. The molecular formula is C13H16ClNO2. The zero-order valence-corrected chi connectivity index (χ0v) is 10.4. The number of likely N-dealkylation sites (tertiary alicyclic amines) is 1. The van der Waals surface area contributed by atoms with E-state index in [1.54, 1.807) is 0 Å². The molecule has 1 aromatic rings. The highest BCUT2D eigenvalue weighted by atomic mass is 35.5. The number of rotatable bonds is 2. The second kappa shape index (κ2) is 5.41. The molecule has 0 spiro atoms. The Bertz CT molecular complexity index is 400. The Kier molecular flexibility index (Phi) is 3.89. The zero-order chi connectivity index (χ0) is 12.3. The number of hydrogen-bond donors (Lipinski definition) is 1. The zero-order valence-electron chi connectivity index (χ0n) is 9.60. The molecular weight excluding hydrogens is 238 g/mol. The molecule has 1 aromatic carbocycles. The maximum Gasteiger partial charge on any atom is 0.407 e. The molecule has 0 bridgehead atoms. The molecule has 1 N–H and O–H groups in total. The van der Waals surface area contributed by atoms with E-state index in [9.17, 15) is 4.79 Å². The molecule has 1 heterocycles. The largest absolute Gasteiger partial charge is 0.465 e. The standard InChI is InChI=1S/C13H16ClNO2/c14-12-3-1-2-11(9-12)8-10-4-6-15(7-5-10)13(16)17/h1-3,9-10H,4-8H2,(H,16,17). The van der Waals surface area contributed by atoms with E-state index in [-0.39, 0.29) is 0 Å². The van der Waals surface area contributed by atoms with Crippen LogP contribution in [0.25, 0.3) is 0 Å². The van der Waals surface area contributed by atoms with Crippen LogP contribution in [0.4, 0.5) is 4.79 Å². The third-order valence-corrected chi connectivity index (χ3v) is 3.53. The van der Waals surface area contributed by atoms with Gasteiger partial charge >= 0.3 is 6.09 Å². The van der Waals surface area contributed by atoms with E-state index in [1.165, 1.54) is 10.5 Å². The first kappa shape index (κ1) is 12.2. The number of nitrogens with zero attached hydrogens (tertiary/aromatic N) is 1. The number of amides is 1. The summed E-state index contributed by atoms with van der Waals surface area (Å²) >= 11 is 5.94. The lowest BCUT2D eigenvalue weighted by Gasteiger charge is -2.30. The molecule has 17 heavy (non-hydrogen) atoms. The highest BCUT2D eigenvalue weighted by molar-refractivity contribution is 6.30. The Balaban J connectivity index is 1.88. The molecule has 0 radical (unpaired) electrons. The highest BCUT2D eigenvalue weighted by Gasteiger charge is 2.22. The van der Waals surface area contributed by atoms with Gasteiger partial charge in [-0.15, -0.1) is 0 Å². The summed E-state index contributed by atoms with van der Waals surface area (Å²) in [6, 6.07) is 7.91. The average Bonchev–Trinajstić information content (AvgIpc) is 2.29. The fraction of sp³-hybridized carbons (Fsp3) is 0.462. The van der Waals surface area contributed by atoms with Gasteiger partial charge in [0.2, 0.25) is 0 Å². The van der Waals surface area contributed by atoms with E-state index in [0.717, 1.165) is 24.3 Å². The van der Waals surface area contributed by atoms with Crippen LogP contribution in [0.1, 0.15) is 18.4 Å². The smallest absolute Gasteiger partial charge is 0.407 e. The third kappa shape index (κ3) is 3.37. The predicted molar refractivity (Wildman–Crippen MR) is 67.5 cm³/mol. The molecule has 1 fully saturated rings. The van der Waals surface area contributed by atoms with E-state index in [1.807, 2.05) is 18.2 Å². The van der Waals surface area contributed by atoms with Crippen molar-refractivity contribution in [3.05, 3.63) is 34.9 Å². The topological polar surface area (TPSA) is 40.5 Å². The summed E-state index contributed by atoms with van der Waals surface area (Å²) in [6.07, 6.45) is 2.08. The van der Waals surface area contributed by atoms with Gasteiger partial charge in [-0.3, -0.25) is 0 Å². The first-order chi connectivity index (χ1) is 8.15. The molecule has 0 atom stereocenters. The molecule has 92 valence electrons. The predicted octanol–water partition coefficient (Wildman–Crippen LogP) is 3.27. The van der Waals surface area contributed by atoms with Gasteiger partial charge in [0.25, 0.3) is 0 Å². The van der Waals surface area contributed by atoms with Gasteiger partial charge in [0, 0.05) is 18.1 Å². The van der Waals surface area contributed by atoms with Crippen molar-refractivity contribution in [1.82, 2.24) is 4.90 Å². The Morgan fingerprint density at radius 1 is 1.41 bits per heavy atom. The average molecular weight is 254 g/mol. The SMILES string of the molecule is O=C(O)N1CCC(Cc2cccc(Cl)c2)CC1. The summed E-state index contributed by atoms with van der Waals surface area (Å²) < 4.78 is 0. The summed E-state index contributed by atoms with van der Waals surface area (Å²) in [6.45, 7) is 1.31. The lowest BCUT2D eigenvalue weighted by molar-refractivity contribution is 0.124. The van der Waals surface area contributed by atoms with Gasteiger partial charge in [0.05, 0.1) is 0 Å². The van der Waals surface area contributed by atoms with Crippen LogP contribution in [0.15, 0.2) is 24.3 Å². The van der Waals surface area contributed by atoms with Crippen LogP contribution in [0, 0.1) is 5.92 Å². The molecule has 0 aliphatic carbocycles. The quantitative estimate of drug-likeness (QED) is 0.879.